The SMILES string of the molecule is COc1ccc([C@@H](OC)[C@@H](C)NCc2cnc(C(C)(C)C)s2)cc1. The molecule has 1 aromatic carbocycles. The number of nitrogens with zero attached hydrogens (tertiary/aromatic N) is 1. The van der Waals surface area contributed by atoms with Crippen molar-refractivity contribution in [2.24, 2.45) is 0 Å². The molecule has 0 bridgehead atoms. The molecule has 2 atom stereocenters. The number of hydrogen-bond donors (Lipinski definition) is 1. The van der Waals surface area contributed by atoms with Gasteiger partial charge in [-0.3, -0.25) is 0 Å². The van der Waals surface area contributed by atoms with Crippen molar-refractivity contribution in [3.05, 3.63) is 45.9 Å². The Morgan fingerprint density at radius 1 is 1.17 bits per heavy atom. The summed E-state index contributed by atoms with van der Waals surface area (Å²) in [6.07, 6.45) is 1.96. The maximum Gasteiger partial charge on any atom is 0.118 e. The van der Waals surface area contributed by atoms with Gasteiger partial charge in [0.05, 0.1) is 18.2 Å². The normalized spacial score (nSPS) is 14.4. The van der Waals surface area contributed by atoms with Gasteiger partial charge in [0.1, 0.15) is 5.75 Å². The zero-order chi connectivity index (χ0) is 17.7. The minimum Gasteiger partial charge on any atom is -0.497 e. The van der Waals surface area contributed by atoms with Crippen molar-refractivity contribution in [1.29, 1.82) is 0 Å². The number of benzene rings is 1. The Kier molecular flexibility index (Phi) is 6.38. The van der Waals surface area contributed by atoms with Crippen LogP contribution in [0.5, 0.6) is 5.75 Å². The van der Waals surface area contributed by atoms with Crippen LogP contribution in [0.4, 0.5) is 0 Å². The highest BCUT2D eigenvalue weighted by molar-refractivity contribution is 7.11. The van der Waals surface area contributed by atoms with Crippen molar-refractivity contribution < 1.29 is 9.47 Å². The number of hydrogen-bond acceptors (Lipinski definition) is 5. The van der Waals surface area contributed by atoms with Crippen LogP contribution in [-0.4, -0.2) is 25.2 Å². The molecule has 0 spiro atoms. The molecule has 0 fully saturated rings. The van der Waals surface area contributed by atoms with Gasteiger partial charge in [-0.15, -0.1) is 11.3 Å². The lowest BCUT2D eigenvalue weighted by Gasteiger charge is -2.24. The fourth-order valence-corrected chi connectivity index (χ4v) is 3.45. The van der Waals surface area contributed by atoms with E-state index in [0.717, 1.165) is 17.9 Å². The second-order valence-corrected chi connectivity index (χ2v) is 8.10. The Morgan fingerprint density at radius 3 is 2.33 bits per heavy atom. The molecule has 0 radical (unpaired) electrons. The Morgan fingerprint density at radius 2 is 1.83 bits per heavy atom. The zero-order valence-corrected chi connectivity index (χ0v) is 16.2. The van der Waals surface area contributed by atoms with Gasteiger partial charge in [-0.2, -0.15) is 0 Å². The van der Waals surface area contributed by atoms with E-state index in [2.05, 4.69) is 50.1 Å². The minimum absolute atomic E-state index is 0.00841. The summed E-state index contributed by atoms with van der Waals surface area (Å²) in [6.45, 7) is 9.51. The molecule has 4 nitrogen and oxygen atoms in total. The van der Waals surface area contributed by atoms with Gasteiger partial charge in [0, 0.05) is 36.2 Å². The van der Waals surface area contributed by atoms with E-state index in [4.69, 9.17) is 9.47 Å². The van der Waals surface area contributed by atoms with Crippen molar-refractivity contribution in [2.45, 2.75) is 51.8 Å². The summed E-state index contributed by atoms with van der Waals surface area (Å²) >= 11 is 1.77. The average molecular weight is 349 g/mol. The Labute approximate surface area is 149 Å². The summed E-state index contributed by atoms with van der Waals surface area (Å²) in [4.78, 5) is 5.79. The van der Waals surface area contributed by atoms with Crippen LogP contribution in [-0.2, 0) is 16.7 Å². The Hall–Kier alpha value is -1.43. The van der Waals surface area contributed by atoms with Crippen LogP contribution in [0.15, 0.2) is 30.5 Å². The number of thiazole rings is 1. The third-order valence-electron chi connectivity index (χ3n) is 3.95. The maximum absolute atomic E-state index is 5.70. The van der Waals surface area contributed by atoms with Crippen LogP contribution < -0.4 is 10.1 Å². The highest BCUT2D eigenvalue weighted by atomic mass is 32.1. The molecule has 24 heavy (non-hydrogen) atoms. The summed E-state index contributed by atoms with van der Waals surface area (Å²) in [5.74, 6) is 0.855. The molecule has 0 aliphatic carbocycles. The van der Waals surface area contributed by atoms with E-state index in [1.165, 1.54) is 9.88 Å². The smallest absolute Gasteiger partial charge is 0.118 e. The van der Waals surface area contributed by atoms with Gasteiger partial charge in [0.2, 0.25) is 0 Å². The monoisotopic (exact) mass is 348 g/mol. The topological polar surface area (TPSA) is 43.4 Å². The first-order chi connectivity index (χ1) is 11.3. The van der Waals surface area contributed by atoms with Crippen molar-refractivity contribution in [3.63, 3.8) is 0 Å². The molecule has 2 aromatic rings. The van der Waals surface area contributed by atoms with Crippen molar-refractivity contribution in [2.75, 3.05) is 14.2 Å². The number of ether oxygens (including phenoxy) is 2. The molecule has 132 valence electrons. The van der Waals surface area contributed by atoms with Gasteiger partial charge in [0.15, 0.2) is 0 Å². The molecule has 0 aliphatic rings. The fraction of sp³-hybridized carbons (Fsp3) is 0.526. The van der Waals surface area contributed by atoms with Crippen LogP contribution in [0.3, 0.4) is 0 Å². The maximum atomic E-state index is 5.70. The van der Waals surface area contributed by atoms with Crippen LogP contribution >= 0.6 is 11.3 Å². The van der Waals surface area contributed by atoms with Gasteiger partial charge >= 0.3 is 0 Å². The van der Waals surface area contributed by atoms with Crippen LogP contribution in [0, 0.1) is 0 Å². The van der Waals surface area contributed by atoms with Crippen LogP contribution in [0.1, 0.15) is 49.2 Å². The molecule has 0 amide bonds. The lowest BCUT2D eigenvalue weighted by Crippen LogP contribution is -2.32. The first-order valence-corrected chi connectivity index (χ1v) is 9.02. The molecule has 0 saturated heterocycles. The molecule has 1 aromatic heterocycles. The number of methoxy groups -OCH3 is 2. The van der Waals surface area contributed by atoms with Crippen LogP contribution in [0.2, 0.25) is 0 Å². The first kappa shape index (κ1) is 18.9. The van der Waals surface area contributed by atoms with Gasteiger partial charge in [-0.05, 0) is 24.6 Å². The first-order valence-electron chi connectivity index (χ1n) is 8.20. The largest absolute Gasteiger partial charge is 0.497 e. The predicted octanol–water partition coefficient (Wildman–Crippen LogP) is 4.32. The lowest BCUT2D eigenvalue weighted by molar-refractivity contribution is 0.0730. The molecule has 2 rings (SSSR count). The van der Waals surface area contributed by atoms with Crippen molar-refractivity contribution in [1.82, 2.24) is 10.3 Å². The third-order valence-corrected chi connectivity index (χ3v) is 5.37. The lowest BCUT2D eigenvalue weighted by atomic mass is 9.98. The molecule has 1 heterocycles. The quantitative estimate of drug-likeness (QED) is 0.809. The summed E-state index contributed by atoms with van der Waals surface area (Å²) in [5, 5.41) is 4.73. The molecule has 0 aliphatic heterocycles. The summed E-state index contributed by atoms with van der Waals surface area (Å²) < 4.78 is 10.9. The number of nitrogens with one attached hydrogen (secondary N) is 1. The Balaban J connectivity index is 1.98. The summed E-state index contributed by atoms with van der Waals surface area (Å²) in [5.41, 5.74) is 1.24. The average Bonchev–Trinajstić information content (AvgIpc) is 3.03. The van der Waals surface area contributed by atoms with Crippen molar-refractivity contribution in [3.8, 4) is 5.75 Å². The number of aromatic nitrogens is 1. The molecule has 0 unspecified atom stereocenters. The Bertz CT molecular complexity index is 632. The molecular formula is C19H28N2O2S. The van der Waals surface area contributed by atoms with E-state index in [-0.39, 0.29) is 17.6 Å². The molecule has 5 heteroatoms. The second-order valence-electron chi connectivity index (χ2n) is 6.98. The highest BCUT2D eigenvalue weighted by Gasteiger charge is 2.20. The highest BCUT2D eigenvalue weighted by Crippen LogP contribution is 2.27. The zero-order valence-electron chi connectivity index (χ0n) is 15.4. The van der Waals surface area contributed by atoms with Gasteiger partial charge in [-0.1, -0.05) is 32.9 Å². The number of rotatable bonds is 7. The molecular weight excluding hydrogens is 320 g/mol. The molecule has 0 saturated carbocycles. The second kappa shape index (κ2) is 8.10. The van der Waals surface area contributed by atoms with Crippen molar-refractivity contribution >= 4 is 11.3 Å². The summed E-state index contributed by atoms with van der Waals surface area (Å²) in [7, 11) is 3.42. The summed E-state index contributed by atoms with van der Waals surface area (Å²) in [6, 6.07) is 8.22. The van der Waals surface area contributed by atoms with Gasteiger partial charge in [-0.25, -0.2) is 4.98 Å². The van der Waals surface area contributed by atoms with Gasteiger partial charge < -0.3 is 14.8 Å². The van der Waals surface area contributed by atoms with Gasteiger partial charge in [0.25, 0.3) is 0 Å². The van der Waals surface area contributed by atoms with E-state index in [1.54, 1.807) is 25.6 Å². The van der Waals surface area contributed by atoms with E-state index < -0.39 is 0 Å². The van der Waals surface area contributed by atoms with E-state index >= 15 is 0 Å². The van der Waals surface area contributed by atoms with E-state index in [1.807, 2.05) is 18.3 Å². The minimum atomic E-state index is -0.00841. The molecule has 1 N–H and O–H groups in total. The van der Waals surface area contributed by atoms with E-state index in [9.17, 15) is 0 Å². The standard InChI is InChI=1S/C19H28N2O2S/c1-13(17(23-6)14-7-9-15(22-5)10-8-14)20-11-16-12-21-18(24-16)19(2,3)4/h7-10,12-13,17,20H,11H2,1-6H3/t13-,17+/m1/s1. The predicted molar refractivity (Wildman–Crippen MR) is 99.9 cm³/mol. The van der Waals surface area contributed by atoms with Crippen LogP contribution in [0.25, 0.3) is 0 Å². The fourth-order valence-electron chi connectivity index (χ4n) is 2.53. The third kappa shape index (κ3) is 4.79. The van der Waals surface area contributed by atoms with E-state index in [0.29, 0.717) is 0 Å².